The van der Waals surface area contributed by atoms with Crippen LogP contribution in [0.2, 0.25) is 0 Å². The molecule has 2 saturated carbocycles. The fourth-order valence-electron chi connectivity index (χ4n) is 3.56. The predicted octanol–water partition coefficient (Wildman–Crippen LogP) is 2.09. The minimum Gasteiger partial charge on any atom is -0.461 e. The Morgan fingerprint density at radius 1 is 1.44 bits per heavy atom. The van der Waals surface area contributed by atoms with Gasteiger partial charge in [-0.3, -0.25) is 4.79 Å². The summed E-state index contributed by atoms with van der Waals surface area (Å²) in [6.45, 7) is 8.57. The van der Waals surface area contributed by atoms with E-state index in [1.54, 1.807) is 6.92 Å². The minimum absolute atomic E-state index is 0.0692. The van der Waals surface area contributed by atoms with Gasteiger partial charge in [-0.05, 0) is 37.5 Å². The Hall–Kier alpha value is -0.570. The van der Waals surface area contributed by atoms with Crippen LogP contribution in [0.3, 0.4) is 0 Å². The minimum atomic E-state index is -0.508. The summed E-state index contributed by atoms with van der Waals surface area (Å²) in [5.41, 5.74) is 5.98. The van der Waals surface area contributed by atoms with Crippen LogP contribution >= 0.6 is 0 Å². The summed E-state index contributed by atoms with van der Waals surface area (Å²) in [4.78, 5) is 11.6. The maximum Gasteiger partial charge on any atom is 0.322 e. The van der Waals surface area contributed by atoms with Crippen molar-refractivity contribution in [2.24, 2.45) is 22.5 Å². The Labute approximate surface area is 97.7 Å². The molecule has 2 aliphatic carbocycles. The second kappa shape index (κ2) is 3.46. The van der Waals surface area contributed by atoms with Crippen LogP contribution in [0, 0.1) is 16.7 Å². The molecule has 3 nitrogen and oxygen atoms in total. The van der Waals surface area contributed by atoms with Crippen LogP contribution in [0.5, 0.6) is 0 Å². The molecule has 0 aromatic heterocycles. The maximum absolute atomic E-state index is 11.6. The summed E-state index contributed by atoms with van der Waals surface area (Å²) in [7, 11) is 0. The van der Waals surface area contributed by atoms with Gasteiger partial charge in [-0.15, -0.1) is 0 Å². The first-order chi connectivity index (χ1) is 7.29. The molecule has 2 N–H and O–H groups in total. The molecule has 0 amide bonds. The predicted molar refractivity (Wildman–Crippen MR) is 62.8 cm³/mol. The van der Waals surface area contributed by atoms with E-state index in [2.05, 4.69) is 20.8 Å². The quantitative estimate of drug-likeness (QED) is 0.732. The van der Waals surface area contributed by atoms with E-state index in [1.807, 2.05) is 0 Å². The number of nitrogens with two attached hydrogens (primary N) is 1. The van der Waals surface area contributed by atoms with Crippen LogP contribution in [0.4, 0.5) is 0 Å². The molecule has 0 radical (unpaired) electrons. The number of fused-ring (bicyclic) bond motifs is 2. The summed E-state index contributed by atoms with van der Waals surface area (Å²) in [5, 5.41) is 0. The van der Waals surface area contributed by atoms with E-state index < -0.39 is 6.04 Å². The molecule has 2 aliphatic rings. The SMILES string of the molecule is CC(N)C(=O)OC1CC2CCC1(C)C2(C)C. The van der Waals surface area contributed by atoms with Gasteiger partial charge in [0.15, 0.2) is 0 Å². The van der Waals surface area contributed by atoms with Crippen LogP contribution in [0.25, 0.3) is 0 Å². The lowest BCUT2D eigenvalue weighted by molar-refractivity contribution is -0.158. The van der Waals surface area contributed by atoms with E-state index in [-0.39, 0.29) is 22.9 Å². The standard InChI is InChI=1S/C13H23NO2/c1-8(14)11(15)16-10-7-9-5-6-13(10,4)12(9,2)3/h8-10H,5-7,14H2,1-4H3. The third kappa shape index (κ3) is 1.41. The molecule has 2 bridgehead atoms. The van der Waals surface area contributed by atoms with E-state index in [4.69, 9.17) is 10.5 Å². The first-order valence-corrected chi connectivity index (χ1v) is 6.25. The highest BCUT2D eigenvalue weighted by atomic mass is 16.5. The molecule has 2 fully saturated rings. The van der Waals surface area contributed by atoms with Crippen LogP contribution in [0.15, 0.2) is 0 Å². The highest BCUT2D eigenvalue weighted by Gasteiger charge is 2.62. The average Bonchev–Trinajstić information content (AvgIpc) is 2.50. The lowest BCUT2D eigenvalue weighted by atomic mass is 9.70. The molecule has 0 aromatic rings. The normalized spacial score (nSPS) is 42.1. The summed E-state index contributed by atoms with van der Waals surface area (Å²) in [6.07, 6.45) is 3.53. The third-order valence-corrected chi connectivity index (χ3v) is 5.34. The Morgan fingerprint density at radius 2 is 2.06 bits per heavy atom. The fraction of sp³-hybridized carbons (Fsp3) is 0.923. The number of rotatable bonds is 2. The largest absolute Gasteiger partial charge is 0.461 e. The molecule has 0 saturated heterocycles. The van der Waals surface area contributed by atoms with Gasteiger partial charge in [-0.1, -0.05) is 20.8 Å². The summed E-state index contributed by atoms with van der Waals surface area (Å²) in [6, 6.07) is -0.508. The molecule has 3 heteroatoms. The maximum atomic E-state index is 11.6. The molecule has 2 rings (SSSR count). The van der Waals surface area contributed by atoms with Gasteiger partial charge in [0.1, 0.15) is 12.1 Å². The highest BCUT2D eigenvalue weighted by Crippen LogP contribution is 2.66. The zero-order chi connectivity index (χ0) is 12.1. The van der Waals surface area contributed by atoms with Crippen molar-refractivity contribution in [3.63, 3.8) is 0 Å². The van der Waals surface area contributed by atoms with Gasteiger partial charge in [0.2, 0.25) is 0 Å². The monoisotopic (exact) mass is 225 g/mol. The van der Waals surface area contributed by atoms with Crippen LogP contribution in [0.1, 0.15) is 47.0 Å². The zero-order valence-corrected chi connectivity index (χ0v) is 10.7. The number of carbonyl (C=O) groups is 1. The zero-order valence-electron chi connectivity index (χ0n) is 10.7. The van der Waals surface area contributed by atoms with Gasteiger partial charge in [0.05, 0.1) is 0 Å². The average molecular weight is 225 g/mol. The van der Waals surface area contributed by atoms with Crippen molar-refractivity contribution in [3.05, 3.63) is 0 Å². The topological polar surface area (TPSA) is 52.3 Å². The fourth-order valence-corrected chi connectivity index (χ4v) is 3.56. The van der Waals surface area contributed by atoms with Crippen molar-refractivity contribution >= 4 is 5.97 Å². The molecule has 92 valence electrons. The van der Waals surface area contributed by atoms with E-state index in [0.717, 1.165) is 6.42 Å². The summed E-state index contributed by atoms with van der Waals surface area (Å²) in [5.74, 6) is 0.443. The van der Waals surface area contributed by atoms with E-state index in [9.17, 15) is 4.79 Å². The number of ether oxygens (including phenoxy) is 1. The smallest absolute Gasteiger partial charge is 0.322 e. The van der Waals surface area contributed by atoms with Crippen LogP contribution in [-0.2, 0) is 9.53 Å². The molecule has 16 heavy (non-hydrogen) atoms. The second-order valence-electron chi connectivity index (χ2n) is 6.32. The van der Waals surface area contributed by atoms with Crippen LogP contribution < -0.4 is 5.73 Å². The second-order valence-corrected chi connectivity index (χ2v) is 6.32. The molecule has 0 heterocycles. The Bertz CT molecular complexity index is 311. The molecular weight excluding hydrogens is 202 g/mol. The number of hydrogen-bond donors (Lipinski definition) is 1. The van der Waals surface area contributed by atoms with Gasteiger partial charge < -0.3 is 10.5 Å². The van der Waals surface area contributed by atoms with Gasteiger partial charge in [0, 0.05) is 5.41 Å². The van der Waals surface area contributed by atoms with Crippen molar-refractivity contribution in [2.45, 2.75) is 59.1 Å². The van der Waals surface area contributed by atoms with Crippen molar-refractivity contribution < 1.29 is 9.53 Å². The molecule has 4 atom stereocenters. The Kier molecular flexibility index (Phi) is 2.57. The highest BCUT2D eigenvalue weighted by molar-refractivity contribution is 5.75. The van der Waals surface area contributed by atoms with Gasteiger partial charge >= 0.3 is 5.97 Å². The lowest BCUT2D eigenvalue weighted by Crippen LogP contribution is -2.41. The van der Waals surface area contributed by atoms with Crippen molar-refractivity contribution in [1.29, 1.82) is 0 Å². The van der Waals surface area contributed by atoms with E-state index >= 15 is 0 Å². The van der Waals surface area contributed by atoms with Crippen LogP contribution in [-0.4, -0.2) is 18.1 Å². The molecular formula is C13H23NO2. The number of carbonyl (C=O) groups excluding carboxylic acids is 1. The number of hydrogen-bond acceptors (Lipinski definition) is 3. The van der Waals surface area contributed by atoms with Gasteiger partial charge in [-0.25, -0.2) is 0 Å². The molecule has 0 spiro atoms. The molecule has 4 unspecified atom stereocenters. The van der Waals surface area contributed by atoms with Crippen molar-refractivity contribution in [2.75, 3.05) is 0 Å². The van der Waals surface area contributed by atoms with Crippen molar-refractivity contribution in [1.82, 2.24) is 0 Å². The third-order valence-electron chi connectivity index (χ3n) is 5.34. The molecule has 0 aliphatic heterocycles. The van der Waals surface area contributed by atoms with Gasteiger partial charge in [-0.2, -0.15) is 0 Å². The Morgan fingerprint density at radius 3 is 2.44 bits per heavy atom. The van der Waals surface area contributed by atoms with E-state index in [1.165, 1.54) is 12.8 Å². The van der Waals surface area contributed by atoms with Crippen molar-refractivity contribution in [3.8, 4) is 0 Å². The number of esters is 1. The summed E-state index contributed by atoms with van der Waals surface area (Å²) >= 11 is 0. The first kappa shape index (κ1) is 11.9. The Balaban J connectivity index is 2.13. The molecule has 0 aromatic carbocycles. The first-order valence-electron chi connectivity index (χ1n) is 6.25. The summed E-state index contributed by atoms with van der Waals surface area (Å²) < 4.78 is 5.58. The van der Waals surface area contributed by atoms with Gasteiger partial charge in [0.25, 0.3) is 0 Å². The van der Waals surface area contributed by atoms with E-state index in [0.29, 0.717) is 5.92 Å². The lowest BCUT2D eigenvalue weighted by Gasteiger charge is -2.38.